The van der Waals surface area contributed by atoms with Crippen molar-refractivity contribution < 1.29 is 9.53 Å². The lowest BCUT2D eigenvalue weighted by Gasteiger charge is -2.19. The molecule has 0 radical (unpaired) electrons. The molecule has 3 rings (SSSR count). The van der Waals surface area contributed by atoms with Gasteiger partial charge in [0, 0.05) is 5.56 Å². The Bertz CT molecular complexity index is 854. The number of fused-ring (bicyclic) bond motifs is 1. The van der Waals surface area contributed by atoms with Gasteiger partial charge in [-0.15, -0.1) is 11.8 Å². The van der Waals surface area contributed by atoms with Gasteiger partial charge in [0.2, 0.25) is 5.91 Å². The number of carbonyl (C=O) groups is 1. The van der Waals surface area contributed by atoms with E-state index in [1.165, 1.54) is 11.8 Å². The van der Waals surface area contributed by atoms with Crippen LogP contribution in [0, 0.1) is 0 Å². The first-order valence-corrected chi connectivity index (χ1v) is 10.6. The summed E-state index contributed by atoms with van der Waals surface area (Å²) in [5.41, 5.74) is 1.38. The second-order valence-electron chi connectivity index (χ2n) is 6.67. The SMILES string of the molecule is CCCOc1ccccc1[C@H]1SCC(=O)Nc2c1c(=O)[nH]n2C(CC)CC. The lowest BCUT2D eigenvalue weighted by molar-refractivity contribution is -0.113. The van der Waals surface area contributed by atoms with Gasteiger partial charge in [-0.3, -0.25) is 19.4 Å². The molecule has 7 heteroatoms. The first-order chi connectivity index (χ1) is 13.1. The number of aromatic amines is 1. The minimum atomic E-state index is -0.258. The lowest BCUT2D eigenvalue weighted by atomic mass is 10.0. The van der Waals surface area contributed by atoms with Crippen molar-refractivity contribution in [1.29, 1.82) is 0 Å². The minimum Gasteiger partial charge on any atom is -0.493 e. The van der Waals surface area contributed by atoms with Gasteiger partial charge in [0.1, 0.15) is 11.6 Å². The molecule has 6 nitrogen and oxygen atoms in total. The maximum atomic E-state index is 12.9. The summed E-state index contributed by atoms with van der Waals surface area (Å²) < 4.78 is 7.76. The van der Waals surface area contributed by atoms with E-state index in [0.717, 1.165) is 30.6 Å². The first kappa shape index (κ1) is 19.6. The molecule has 1 aliphatic rings. The van der Waals surface area contributed by atoms with Crippen molar-refractivity contribution in [2.45, 2.75) is 51.3 Å². The molecule has 146 valence electrons. The molecule has 0 saturated heterocycles. The van der Waals surface area contributed by atoms with E-state index in [4.69, 9.17) is 4.74 Å². The second-order valence-corrected chi connectivity index (χ2v) is 7.76. The molecule has 0 aliphatic carbocycles. The van der Waals surface area contributed by atoms with Crippen molar-refractivity contribution in [3.8, 4) is 5.75 Å². The molecule has 0 saturated carbocycles. The van der Waals surface area contributed by atoms with E-state index in [2.05, 4.69) is 31.2 Å². The van der Waals surface area contributed by atoms with Crippen LogP contribution in [-0.2, 0) is 4.79 Å². The summed E-state index contributed by atoms with van der Waals surface area (Å²) in [4.78, 5) is 25.3. The van der Waals surface area contributed by atoms with Crippen LogP contribution in [-0.4, -0.2) is 28.0 Å². The molecule has 1 aromatic heterocycles. The average Bonchev–Trinajstić information content (AvgIpc) is 2.87. The number of nitrogens with one attached hydrogen (secondary N) is 2. The molecule has 1 atom stereocenters. The Balaban J connectivity index is 2.13. The van der Waals surface area contributed by atoms with Gasteiger partial charge in [-0.2, -0.15) is 0 Å². The number of ether oxygens (including phenoxy) is 1. The van der Waals surface area contributed by atoms with Crippen LogP contribution in [0.25, 0.3) is 0 Å². The number of hydrogen-bond donors (Lipinski definition) is 2. The molecule has 0 bridgehead atoms. The van der Waals surface area contributed by atoms with Gasteiger partial charge in [0.25, 0.3) is 5.56 Å². The van der Waals surface area contributed by atoms with Crippen LogP contribution in [0.5, 0.6) is 5.75 Å². The number of nitrogens with zero attached hydrogens (tertiary/aromatic N) is 1. The smallest absolute Gasteiger partial charge is 0.270 e. The molecule has 1 aliphatic heterocycles. The highest BCUT2D eigenvalue weighted by molar-refractivity contribution is 8.00. The fourth-order valence-corrected chi connectivity index (χ4v) is 4.61. The van der Waals surface area contributed by atoms with Gasteiger partial charge >= 0.3 is 0 Å². The van der Waals surface area contributed by atoms with Crippen LogP contribution < -0.4 is 15.6 Å². The summed E-state index contributed by atoms with van der Waals surface area (Å²) in [5, 5.41) is 5.66. The molecular formula is C20H27N3O3S. The maximum absolute atomic E-state index is 12.9. The summed E-state index contributed by atoms with van der Waals surface area (Å²) in [6, 6.07) is 7.92. The van der Waals surface area contributed by atoms with E-state index in [9.17, 15) is 9.59 Å². The van der Waals surface area contributed by atoms with Gasteiger partial charge in [-0.25, -0.2) is 0 Å². The number of H-pyrrole nitrogens is 1. The number of benzene rings is 1. The normalized spacial score (nSPS) is 16.7. The third kappa shape index (κ3) is 3.93. The van der Waals surface area contributed by atoms with Crippen LogP contribution in [0.15, 0.2) is 29.1 Å². The number of amides is 1. The second kappa shape index (κ2) is 8.69. The van der Waals surface area contributed by atoms with Crippen molar-refractivity contribution in [2.75, 3.05) is 17.7 Å². The van der Waals surface area contributed by atoms with Crippen molar-refractivity contribution in [3.05, 3.63) is 45.7 Å². The van der Waals surface area contributed by atoms with E-state index in [1.54, 1.807) is 0 Å². The zero-order chi connectivity index (χ0) is 19.4. The van der Waals surface area contributed by atoms with Crippen molar-refractivity contribution >= 4 is 23.5 Å². The van der Waals surface area contributed by atoms with Crippen LogP contribution in [0.1, 0.15) is 62.5 Å². The quantitative estimate of drug-likeness (QED) is 0.747. The van der Waals surface area contributed by atoms with Crippen molar-refractivity contribution in [1.82, 2.24) is 9.78 Å². The predicted octanol–water partition coefficient (Wildman–Crippen LogP) is 4.10. The zero-order valence-corrected chi connectivity index (χ0v) is 16.9. The van der Waals surface area contributed by atoms with Gasteiger partial charge < -0.3 is 10.1 Å². The number of rotatable bonds is 7. The number of thioether (sulfide) groups is 1. The Hall–Kier alpha value is -2.15. The predicted molar refractivity (Wildman–Crippen MR) is 110 cm³/mol. The van der Waals surface area contributed by atoms with Crippen LogP contribution in [0.3, 0.4) is 0 Å². The molecule has 2 aromatic rings. The average molecular weight is 390 g/mol. The van der Waals surface area contributed by atoms with Gasteiger partial charge in [-0.05, 0) is 25.3 Å². The van der Waals surface area contributed by atoms with E-state index in [-0.39, 0.29) is 22.8 Å². The van der Waals surface area contributed by atoms with E-state index in [1.807, 2.05) is 28.9 Å². The molecule has 1 aromatic carbocycles. The maximum Gasteiger partial charge on any atom is 0.270 e. The summed E-state index contributed by atoms with van der Waals surface area (Å²) in [7, 11) is 0. The number of hydrogen-bond acceptors (Lipinski definition) is 4. The van der Waals surface area contributed by atoms with Gasteiger partial charge in [-0.1, -0.05) is 39.0 Å². The van der Waals surface area contributed by atoms with E-state index >= 15 is 0 Å². The fraction of sp³-hybridized carbons (Fsp3) is 0.500. The summed E-state index contributed by atoms with van der Waals surface area (Å²) >= 11 is 1.46. The molecule has 1 amide bonds. The Labute approximate surface area is 163 Å². The Morgan fingerprint density at radius 3 is 2.67 bits per heavy atom. The molecule has 0 fully saturated rings. The van der Waals surface area contributed by atoms with Crippen molar-refractivity contribution in [2.24, 2.45) is 0 Å². The highest BCUT2D eigenvalue weighted by Gasteiger charge is 2.33. The standard InChI is InChI=1S/C20H27N3O3S/c1-4-11-26-15-10-8-7-9-14(15)18-17-19(21-16(24)12-27-18)23(22-20(17)25)13(5-2)6-3/h7-10,13,18H,4-6,11-12H2,1-3H3,(H,21,24)(H,22,25)/t18-/m1/s1. The highest BCUT2D eigenvalue weighted by atomic mass is 32.2. The van der Waals surface area contributed by atoms with E-state index in [0.29, 0.717) is 23.7 Å². The monoisotopic (exact) mass is 389 g/mol. The Morgan fingerprint density at radius 2 is 1.96 bits per heavy atom. The molecular weight excluding hydrogens is 362 g/mol. The van der Waals surface area contributed by atoms with E-state index < -0.39 is 0 Å². The molecule has 2 N–H and O–H groups in total. The van der Waals surface area contributed by atoms with Crippen LogP contribution >= 0.6 is 11.8 Å². The van der Waals surface area contributed by atoms with Crippen LogP contribution in [0.4, 0.5) is 5.82 Å². The highest BCUT2D eigenvalue weighted by Crippen LogP contribution is 2.43. The Morgan fingerprint density at radius 1 is 1.22 bits per heavy atom. The number of aromatic nitrogens is 2. The van der Waals surface area contributed by atoms with Crippen molar-refractivity contribution in [3.63, 3.8) is 0 Å². The molecule has 0 unspecified atom stereocenters. The molecule has 2 heterocycles. The minimum absolute atomic E-state index is 0.0885. The Kier molecular flexibility index (Phi) is 6.31. The topological polar surface area (TPSA) is 76.1 Å². The summed E-state index contributed by atoms with van der Waals surface area (Å²) in [6.07, 6.45) is 2.65. The third-order valence-corrected chi connectivity index (χ3v) is 6.09. The van der Waals surface area contributed by atoms with Gasteiger partial charge in [0.15, 0.2) is 0 Å². The number of anilines is 1. The zero-order valence-electron chi connectivity index (χ0n) is 16.1. The molecule has 0 spiro atoms. The lowest BCUT2D eigenvalue weighted by Crippen LogP contribution is -2.19. The molecule has 27 heavy (non-hydrogen) atoms. The largest absolute Gasteiger partial charge is 0.493 e. The number of carbonyl (C=O) groups excluding carboxylic acids is 1. The summed E-state index contributed by atoms with van der Waals surface area (Å²) in [5.74, 6) is 1.57. The van der Waals surface area contributed by atoms with Crippen LogP contribution in [0.2, 0.25) is 0 Å². The first-order valence-electron chi connectivity index (χ1n) is 9.58. The fourth-order valence-electron chi connectivity index (χ4n) is 3.46. The summed E-state index contributed by atoms with van der Waals surface area (Å²) in [6.45, 7) is 6.84. The number of para-hydroxylation sites is 1. The third-order valence-electron chi connectivity index (χ3n) is 4.83. The van der Waals surface area contributed by atoms with Gasteiger partial charge in [0.05, 0.1) is 29.2 Å².